The summed E-state index contributed by atoms with van der Waals surface area (Å²) in [6, 6.07) is -1.20. The van der Waals surface area contributed by atoms with Gasteiger partial charge in [0, 0.05) is 13.3 Å². The maximum absolute atomic E-state index is 12.7. The molecule has 8 nitrogen and oxygen atoms in total. The van der Waals surface area contributed by atoms with Crippen molar-refractivity contribution >= 4 is 23.8 Å². The molecule has 0 fully saturated rings. The van der Waals surface area contributed by atoms with E-state index in [9.17, 15) is 19.2 Å². The van der Waals surface area contributed by atoms with Gasteiger partial charge in [-0.2, -0.15) is 0 Å². The van der Waals surface area contributed by atoms with E-state index in [2.05, 4.69) is 30.8 Å². The van der Waals surface area contributed by atoms with E-state index in [-0.39, 0.29) is 23.2 Å². The van der Waals surface area contributed by atoms with Crippen LogP contribution in [0.4, 0.5) is 0 Å². The summed E-state index contributed by atoms with van der Waals surface area (Å²) in [7, 11) is 0. The minimum atomic E-state index is -1.20. The van der Waals surface area contributed by atoms with Crippen molar-refractivity contribution in [2.45, 2.75) is 99.6 Å². The van der Waals surface area contributed by atoms with Gasteiger partial charge in [-0.05, 0) is 38.0 Å². The lowest BCUT2D eigenvalue weighted by Gasteiger charge is -2.34. The summed E-state index contributed by atoms with van der Waals surface area (Å²) in [5.41, 5.74) is -1.00. The van der Waals surface area contributed by atoms with E-state index >= 15 is 0 Å². The lowest BCUT2D eigenvalue weighted by molar-refractivity contribution is -0.170. The predicted molar refractivity (Wildman–Crippen MR) is 112 cm³/mol. The zero-order valence-electron chi connectivity index (χ0n) is 20.0. The van der Waals surface area contributed by atoms with Crippen LogP contribution in [-0.2, 0) is 33.4 Å². The van der Waals surface area contributed by atoms with Gasteiger partial charge in [0.05, 0.1) is 6.42 Å². The summed E-state index contributed by atoms with van der Waals surface area (Å²) in [5, 5.41) is 2.61. The number of hydrogen-bond donors (Lipinski definition) is 1. The molecule has 0 heterocycles. The van der Waals surface area contributed by atoms with E-state index in [1.54, 1.807) is 20.8 Å². The van der Waals surface area contributed by atoms with E-state index in [4.69, 9.17) is 9.47 Å². The predicted octanol–water partition coefficient (Wildman–Crippen LogP) is 3.51. The van der Waals surface area contributed by atoms with Gasteiger partial charge in [0.15, 0.2) is 0 Å². The summed E-state index contributed by atoms with van der Waals surface area (Å²) < 4.78 is 14.7. The molecular weight excluding hydrogens is 390 g/mol. The molecule has 0 bridgehead atoms. The molecule has 174 valence electrons. The number of hydrogen-bond acceptors (Lipinski definition) is 7. The molecule has 0 saturated heterocycles. The van der Waals surface area contributed by atoms with Gasteiger partial charge in [0.2, 0.25) is 12.7 Å². The second-order valence-corrected chi connectivity index (χ2v) is 10.2. The molecule has 1 N–H and O–H groups in total. The maximum Gasteiger partial charge on any atom is 0.329 e. The molecule has 8 heteroatoms. The van der Waals surface area contributed by atoms with E-state index < -0.39 is 42.8 Å². The fourth-order valence-corrected chi connectivity index (χ4v) is 3.13. The topological polar surface area (TPSA) is 108 Å². The van der Waals surface area contributed by atoms with Crippen molar-refractivity contribution < 1.29 is 33.4 Å². The van der Waals surface area contributed by atoms with Gasteiger partial charge >= 0.3 is 17.9 Å². The molecule has 30 heavy (non-hydrogen) atoms. The molecule has 0 aromatic heterocycles. The Labute approximate surface area is 180 Å². The maximum atomic E-state index is 12.7. The van der Waals surface area contributed by atoms with Crippen LogP contribution in [-0.4, -0.2) is 42.3 Å². The molecule has 1 unspecified atom stereocenters. The van der Waals surface area contributed by atoms with Crippen LogP contribution < -0.4 is 5.32 Å². The molecule has 0 aromatic carbocycles. The number of carbonyl (C=O) groups is 4. The number of rotatable bonds is 11. The minimum absolute atomic E-state index is 0.0782. The summed E-state index contributed by atoms with van der Waals surface area (Å²) in [6.07, 6.45) is 1.57. The highest BCUT2D eigenvalue weighted by Crippen LogP contribution is 2.38. The molecular formula is C22H39NO7. The summed E-state index contributed by atoms with van der Waals surface area (Å²) in [4.78, 5) is 48.0. The zero-order valence-corrected chi connectivity index (χ0v) is 20.0. The molecule has 0 aliphatic rings. The Morgan fingerprint density at radius 1 is 0.900 bits per heavy atom. The van der Waals surface area contributed by atoms with Crippen LogP contribution >= 0.6 is 0 Å². The Morgan fingerprint density at radius 2 is 1.47 bits per heavy atom. The van der Waals surface area contributed by atoms with Crippen LogP contribution in [0.5, 0.6) is 0 Å². The van der Waals surface area contributed by atoms with E-state index in [0.717, 1.165) is 12.8 Å². The van der Waals surface area contributed by atoms with Gasteiger partial charge in [0.1, 0.15) is 11.6 Å². The van der Waals surface area contributed by atoms with E-state index in [1.807, 2.05) is 13.8 Å². The highest BCUT2D eigenvalue weighted by Gasteiger charge is 2.33. The molecule has 0 saturated carbocycles. The number of amides is 1. The average molecular weight is 430 g/mol. The van der Waals surface area contributed by atoms with Gasteiger partial charge in [0.25, 0.3) is 0 Å². The fourth-order valence-electron chi connectivity index (χ4n) is 3.13. The lowest BCUT2D eigenvalue weighted by Crippen LogP contribution is -2.46. The highest BCUT2D eigenvalue weighted by atomic mass is 16.7. The first-order chi connectivity index (χ1) is 13.5. The molecule has 0 radical (unpaired) electrons. The average Bonchev–Trinajstić information content (AvgIpc) is 2.50. The van der Waals surface area contributed by atoms with Crippen LogP contribution in [0, 0.1) is 10.8 Å². The summed E-state index contributed by atoms with van der Waals surface area (Å²) in [5.74, 6) is -2.47. The fraction of sp³-hybridized carbons (Fsp3) is 0.818. The Balaban J connectivity index is 5.14. The lowest BCUT2D eigenvalue weighted by atomic mass is 9.72. The molecule has 0 aliphatic heterocycles. The zero-order chi connectivity index (χ0) is 23.8. The smallest absolute Gasteiger partial charge is 0.329 e. The van der Waals surface area contributed by atoms with E-state index in [0.29, 0.717) is 0 Å². The highest BCUT2D eigenvalue weighted by molar-refractivity contribution is 5.88. The van der Waals surface area contributed by atoms with Crippen molar-refractivity contribution in [1.82, 2.24) is 5.32 Å². The first-order valence-electron chi connectivity index (χ1n) is 10.3. The van der Waals surface area contributed by atoms with Crippen LogP contribution in [0.2, 0.25) is 0 Å². The molecule has 1 atom stereocenters. The van der Waals surface area contributed by atoms with Crippen LogP contribution in [0.15, 0.2) is 0 Å². The Bertz CT molecular complexity index is 617. The minimum Gasteiger partial charge on any atom is -0.458 e. The summed E-state index contributed by atoms with van der Waals surface area (Å²) in [6.45, 7) is 16.1. The van der Waals surface area contributed by atoms with Gasteiger partial charge < -0.3 is 19.5 Å². The van der Waals surface area contributed by atoms with Gasteiger partial charge in [-0.25, -0.2) is 4.79 Å². The second kappa shape index (κ2) is 11.3. The number of ether oxygens (including phenoxy) is 3. The van der Waals surface area contributed by atoms with Gasteiger partial charge in [-0.3, -0.25) is 14.4 Å². The number of nitrogens with one attached hydrogen (secondary N) is 1. The molecule has 0 aromatic rings. The van der Waals surface area contributed by atoms with Crippen LogP contribution in [0.1, 0.15) is 88.0 Å². The SMILES string of the molecule is CCC(C)(C)CC(C)(C)CC(=O)NC(CC(=O)OCOC(C)=O)C(=O)OC(C)(C)C. The third kappa shape index (κ3) is 13.2. The monoisotopic (exact) mass is 429 g/mol. The van der Waals surface area contributed by atoms with Gasteiger partial charge in [-0.15, -0.1) is 0 Å². The molecule has 0 spiro atoms. The summed E-state index contributed by atoms with van der Waals surface area (Å²) >= 11 is 0. The first-order valence-corrected chi connectivity index (χ1v) is 10.3. The third-order valence-corrected chi connectivity index (χ3v) is 4.43. The van der Waals surface area contributed by atoms with Crippen molar-refractivity contribution in [1.29, 1.82) is 0 Å². The number of carbonyl (C=O) groups excluding carboxylic acids is 4. The van der Waals surface area contributed by atoms with Crippen molar-refractivity contribution in [3.63, 3.8) is 0 Å². The first kappa shape index (κ1) is 27.9. The normalized spacial score (nSPS) is 13.2. The molecule has 0 rings (SSSR count). The largest absolute Gasteiger partial charge is 0.458 e. The molecule has 1 amide bonds. The second-order valence-electron chi connectivity index (χ2n) is 10.2. The van der Waals surface area contributed by atoms with Crippen LogP contribution in [0.3, 0.4) is 0 Å². The Kier molecular flexibility index (Phi) is 10.5. The van der Waals surface area contributed by atoms with Crippen molar-refractivity contribution in [3.05, 3.63) is 0 Å². The Hall–Kier alpha value is -2.12. The molecule has 0 aliphatic carbocycles. The van der Waals surface area contributed by atoms with Crippen molar-refractivity contribution in [3.8, 4) is 0 Å². The van der Waals surface area contributed by atoms with Crippen molar-refractivity contribution in [2.75, 3.05) is 6.79 Å². The quantitative estimate of drug-likeness (QED) is 0.395. The van der Waals surface area contributed by atoms with E-state index in [1.165, 1.54) is 6.92 Å². The van der Waals surface area contributed by atoms with Gasteiger partial charge in [-0.1, -0.05) is 41.0 Å². The number of esters is 3. The van der Waals surface area contributed by atoms with Crippen molar-refractivity contribution in [2.24, 2.45) is 10.8 Å². The van der Waals surface area contributed by atoms with Crippen LogP contribution in [0.25, 0.3) is 0 Å². The third-order valence-electron chi connectivity index (χ3n) is 4.43. The Morgan fingerprint density at radius 3 is 1.93 bits per heavy atom. The standard InChI is InChI=1S/C22H39NO7/c1-10-21(6,7)13-22(8,9)12-17(25)23-16(19(27)30-20(3,4)5)11-18(26)29-14-28-15(2)24/h16H,10-14H2,1-9H3,(H,23,25).